The van der Waals surface area contributed by atoms with Crippen LogP contribution in [-0.4, -0.2) is 49.7 Å². The Bertz CT molecular complexity index is 552. The number of hydrogen-bond acceptors (Lipinski definition) is 7. The SMILES string of the molecule is CO[C@H]1O[C@H]2CO[C@H](c3ccccc3)O[C@@H]2[C@H]2OC(=S)O[C@@H]12. The summed E-state index contributed by atoms with van der Waals surface area (Å²) in [5.74, 6) is 0. The van der Waals surface area contributed by atoms with Gasteiger partial charge >= 0.3 is 5.24 Å². The molecule has 0 bridgehead atoms. The summed E-state index contributed by atoms with van der Waals surface area (Å²) in [4.78, 5) is 0. The average Bonchev–Trinajstić information content (AvgIpc) is 2.96. The Hall–Kier alpha value is -1.25. The topological polar surface area (TPSA) is 55.4 Å². The number of ether oxygens (including phenoxy) is 6. The van der Waals surface area contributed by atoms with Crippen molar-refractivity contribution in [2.24, 2.45) is 0 Å². The normalized spacial score (nSPS) is 40.3. The predicted octanol–water partition coefficient (Wildman–Crippen LogP) is 1.54. The van der Waals surface area contributed by atoms with E-state index in [-0.39, 0.29) is 23.5 Å². The van der Waals surface area contributed by atoms with Gasteiger partial charge in [0.15, 0.2) is 24.8 Å². The van der Waals surface area contributed by atoms with E-state index in [1.165, 1.54) is 0 Å². The summed E-state index contributed by atoms with van der Waals surface area (Å²) >= 11 is 5.01. The first kappa shape index (κ1) is 14.3. The molecule has 0 aliphatic carbocycles. The molecule has 0 N–H and O–H groups in total. The Morgan fingerprint density at radius 1 is 1.05 bits per heavy atom. The highest BCUT2D eigenvalue weighted by Gasteiger charge is 2.56. The summed E-state index contributed by atoms with van der Waals surface area (Å²) in [7, 11) is 1.56. The Morgan fingerprint density at radius 3 is 2.59 bits per heavy atom. The molecule has 22 heavy (non-hydrogen) atoms. The van der Waals surface area contributed by atoms with Crippen molar-refractivity contribution in [2.45, 2.75) is 37.0 Å². The monoisotopic (exact) mass is 324 g/mol. The van der Waals surface area contributed by atoms with Crippen molar-refractivity contribution in [3.05, 3.63) is 35.9 Å². The molecule has 3 fully saturated rings. The maximum Gasteiger partial charge on any atom is 0.353 e. The van der Waals surface area contributed by atoms with Gasteiger partial charge in [-0.25, -0.2) is 0 Å². The first-order valence-electron chi connectivity index (χ1n) is 7.14. The number of thiocarbonyl (C=S) groups is 1. The molecule has 0 spiro atoms. The van der Waals surface area contributed by atoms with Crippen LogP contribution in [-0.2, 0) is 28.4 Å². The maximum absolute atomic E-state index is 6.06. The third-order valence-corrected chi connectivity index (χ3v) is 4.24. The van der Waals surface area contributed by atoms with Crippen molar-refractivity contribution in [3.8, 4) is 0 Å². The lowest BCUT2D eigenvalue weighted by molar-refractivity contribution is -0.343. The Labute approximate surface area is 133 Å². The van der Waals surface area contributed by atoms with Crippen molar-refractivity contribution >= 4 is 17.5 Å². The number of fused-ring (bicyclic) bond motifs is 3. The van der Waals surface area contributed by atoms with Gasteiger partial charge in [-0.05, 0) is 0 Å². The van der Waals surface area contributed by atoms with E-state index < -0.39 is 18.7 Å². The van der Waals surface area contributed by atoms with Crippen molar-refractivity contribution in [1.82, 2.24) is 0 Å². The van der Waals surface area contributed by atoms with Gasteiger partial charge in [0.05, 0.1) is 6.61 Å². The summed E-state index contributed by atoms with van der Waals surface area (Å²) in [5.41, 5.74) is 0.952. The molecule has 6 nitrogen and oxygen atoms in total. The fraction of sp³-hybridized carbons (Fsp3) is 0.533. The fourth-order valence-electron chi connectivity index (χ4n) is 3.03. The van der Waals surface area contributed by atoms with E-state index in [0.717, 1.165) is 5.56 Å². The van der Waals surface area contributed by atoms with Gasteiger partial charge in [-0.2, -0.15) is 0 Å². The first-order chi connectivity index (χ1) is 10.8. The molecule has 0 aromatic heterocycles. The predicted molar refractivity (Wildman–Crippen MR) is 78.0 cm³/mol. The Morgan fingerprint density at radius 2 is 1.82 bits per heavy atom. The van der Waals surface area contributed by atoms with Gasteiger partial charge in [0.1, 0.15) is 12.2 Å². The Kier molecular flexibility index (Phi) is 3.75. The van der Waals surface area contributed by atoms with Gasteiger partial charge < -0.3 is 28.4 Å². The van der Waals surface area contributed by atoms with Crippen molar-refractivity contribution in [3.63, 3.8) is 0 Å². The van der Waals surface area contributed by atoms with Gasteiger partial charge in [-0.1, -0.05) is 30.3 Å². The second-order valence-corrected chi connectivity index (χ2v) is 5.70. The largest absolute Gasteiger partial charge is 0.446 e. The zero-order valence-electron chi connectivity index (χ0n) is 11.9. The fourth-order valence-corrected chi connectivity index (χ4v) is 3.25. The minimum Gasteiger partial charge on any atom is -0.446 e. The van der Waals surface area contributed by atoms with E-state index >= 15 is 0 Å². The lowest BCUT2D eigenvalue weighted by Crippen LogP contribution is -2.61. The molecule has 3 saturated heterocycles. The summed E-state index contributed by atoms with van der Waals surface area (Å²) in [5, 5.41) is 0.104. The van der Waals surface area contributed by atoms with Gasteiger partial charge in [-0.15, -0.1) is 0 Å². The highest BCUT2D eigenvalue weighted by Crippen LogP contribution is 2.38. The summed E-state index contributed by atoms with van der Waals surface area (Å²) in [6.45, 7) is 0.392. The molecule has 0 unspecified atom stereocenters. The van der Waals surface area contributed by atoms with Crippen LogP contribution in [0.25, 0.3) is 0 Å². The smallest absolute Gasteiger partial charge is 0.353 e. The third kappa shape index (κ3) is 2.39. The van der Waals surface area contributed by atoms with Crippen molar-refractivity contribution in [1.29, 1.82) is 0 Å². The molecule has 0 saturated carbocycles. The molecular weight excluding hydrogens is 308 g/mol. The van der Waals surface area contributed by atoms with E-state index in [2.05, 4.69) is 0 Å². The van der Waals surface area contributed by atoms with Gasteiger partial charge in [0.2, 0.25) is 0 Å². The molecule has 3 aliphatic rings. The van der Waals surface area contributed by atoms with Gasteiger partial charge in [-0.3, -0.25) is 0 Å². The summed E-state index contributed by atoms with van der Waals surface area (Å²) < 4.78 is 34.1. The van der Waals surface area contributed by atoms with E-state index in [9.17, 15) is 0 Å². The van der Waals surface area contributed by atoms with E-state index in [0.29, 0.717) is 6.61 Å². The lowest BCUT2D eigenvalue weighted by atomic mass is 9.98. The maximum atomic E-state index is 6.06. The highest BCUT2D eigenvalue weighted by molar-refractivity contribution is 7.79. The Balaban J connectivity index is 1.56. The molecule has 3 aliphatic heterocycles. The molecule has 4 rings (SSSR count). The van der Waals surface area contributed by atoms with Crippen molar-refractivity contribution in [2.75, 3.05) is 13.7 Å². The standard InChI is InChI=1S/C15H16O6S/c1-16-14-12-11(20-15(22)21-12)10-9(18-14)7-17-13(19-10)8-5-3-2-4-6-8/h2-6,9-14H,7H2,1H3/t9-,10-,11+,12+,13-,14-/m0/s1. The molecule has 0 radical (unpaired) electrons. The zero-order chi connectivity index (χ0) is 15.1. The number of hydrogen-bond donors (Lipinski definition) is 0. The van der Waals surface area contributed by atoms with Crippen LogP contribution in [0.1, 0.15) is 11.9 Å². The quantitative estimate of drug-likeness (QED) is 0.765. The zero-order valence-corrected chi connectivity index (χ0v) is 12.7. The van der Waals surface area contributed by atoms with Crippen LogP contribution in [0.2, 0.25) is 0 Å². The van der Waals surface area contributed by atoms with Gasteiger partial charge in [0.25, 0.3) is 0 Å². The molecule has 1 aromatic carbocycles. The molecule has 1 aromatic rings. The number of methoxy groups -OCH3 is 1. The van der Waals surface area contributed by atoms with Crippen molar-refractivity contribution < 1.29 is 28.4 Å². The minimum atomic E-state index is -0.549. The first-order valence-corrected chi connectivity index (χ1v) is 7.54. The minimum absolute atomic E-state index is 0.104. The number of benzene rings is 1. The van der Waals surface area contributed by atoms with Crippen LogP contribution in [0, 0.1) is 0 Å². The second kappa shape index (κ2) is 5.75. The van der Waals surface area contributed by atoms with Crippen LogP contribution < -0.4 is 0 Å². The molecule has 3 heterocycles. The van der Waals surface area contributed by atoms with Crippen LogP contribution in [0.4, 0.5) is 0 Å². The van der Waals surface area contributed by atoms with Crippen LogP contribution in [0.15, 0.2) is 30.3 Å². The van der Waals surface area contributed by atoms with Crippen LogP contribution >= 0.6 is 12.2 Å². The van der Waals surface area contributed by atoms with E-state index in [4.69, 9.17) is 40.6 Å². The second-order valence-electron chi connectivity index (χ2n) is 5.37. The van der Waals surface area contributed by atoms with E-state index in [1.54, 1.807) is 7.11 Å². The summed E-state index contributed by atoms with van der Waals surface area (Å²) in [6, 6.07) is 9.76. The average molecular weight is 324 g/mol. The molecule has 6 atom stereocenters. The highest BCUT2D eigenvalue weighted by atomic mass is 32.1. The number of rotatable bonds is 2. The van der Waals surface area contributed by atoms with Gasteiger partial charge in [0, 0.05) is 24.9 Å². The molecule has 0 amide bonds. The molecule has 7 heteroatoms. The van der Waals surface area contributed by atoms with Crippen LogP contribution in [0.3, 0.4) is 0 Å². The lowest BCUT2D eigenvalue weighted by Gasteiger charge is -2.44. The summed E-state index contributed by atoms with van der Waals surface area (Å²) in [6.07, 6.45) is -2.39. The van der Waals surface area contributed by atoms with Crippen LogP contribution in [0.5, 0.6) is 0 Å². The van der Waals surface area contributed by atoms with E-state index in [1.807, 2.05) is 30.3 Å². The molecular formula is C15H16O6S. The third-order valence-electron chi connectivity index (χ3n) is 4.05. The molecule has 118 valence electrons.